The van der Waals surface area contributed by atoms with Gasteiger partial charge in [0.25, 0.3) is 0 Å². The molecule has 27 heavy (non-hydrogen) atoms. The lowest BCUT2D eigenvalue weighted by molar-refractivity contribution is -0.134. The van der Waals surface area contributed by atoms with Gasteiger partial charge in [-0.3, -0.25) is 4.90 Å². The van der Waals surface area contributed by atoms with Gasteiger partial charge in [-0.1, -0.05) is 36.4 Å². The van der Waals surface area contributed by atoms with Crippen molar-refractivity contribution in [1.82, 2.24) is 4.90 Å². The van der Waals surface area contributed by atoms with Crippen molar-refractivity contribution in [3.8, 4) is 0 Å². The number of esters is 1. The van der Waals surface area contributed by atoms with Crippen LogP contribution in [-0.4, -0.2) is 37.1 Å². The monoisotopic (exact) mass is 364 g/mol. The number of benzene rings is 2. The number of ether oxygens (including phenoxy) is 1. The van der Waals surface area contributed by atoms with Gasteiger partial charge in [0.2, 0.25) is 0 Å². The molecule has 0 bridgehead atoms. The predicted octanol–water partition coefficient (Wildman–Crippen LogP) is 4.26. The van der Waals surface area contributed by atoms with E-state index < -0.39 is 0 Å². The second-order valence-electron chi connectivity index (χ2n) is 7.11. The van der Waals surface area contributed by atoms with Gasteiger partial charge in [0, 0.05) is 37.4 Å². The van der Waals surface area contributed by atoms with Crippen LogP contribution in [0.1, 0.15) is 29.5 Å². The highest BCUT2D eigenvalue weighted by atomic mass is 16.5. The van der Waals surface area contributed by atoms with E-state index in [4.69, 9.17) is 0 Å². The Balaban J connectivity index is 1.54. The van der Waals surface area contributed by atoms with E-state index in [2.05, 4.69) is 63.5 Å². The molecule has 2 aromatic rings. The number of likely N-dealkylation sites (tertiary alicyclic amines) is 1. The van der Waals surface area contributed by atoms with E-state index in [0.29, 0.717) is 6.04 Å². The van der Waals surface area contributed by atoms with Crippen LogP contribution in [0.4, 0.5) is 5.69 Å². The molecule has 0 amide bonds. The second kappa shape index (κ2) is 9.38. The minimum Gasteiger partial charge on any atom is -0.466 e. The summed E-state index contributed by atoms with van der Waals surface area (Å²) in [5.41, 5.74) is 4.65. The third-order valence-corrected chi connectivity index (χ3v) is 5.09. The average Bonchev–Trinajstić information content (AvgIpc) is 2.70. The molecule has 0 atom stereocenters. The molecule has 0 spiro atoms. The number of methoxy groups -OCH3 is 1. The minimum atomic E-state index is -0.335. The molecular formula is C23H28N2O2. The van der Waals surface area contributed by atoms with Crippen LogP contribution in [0.5, 0.6) is 0 Å². The first-order valence-electron chi connectivity index (χ1n) is 9.53. The maximum Gasteiger partial charge on any atom is 0.330 e. The van der Waals surface area contributed by atoms with E-state index in [9.17, 15) is 4.79 Å². The van der Waals surface area contributed by atoms with E-state index in [1.54, 1.807) is 0 Å². The summed E-state index contributed by atoms with van der Waals surface area (Å²) in [6.07, 6.45) is 5.55. The van der Waals surface area contributed by atoms with Crippen molar-refractivity contribution in [2.75, 3.05) is 25.5 Å². The van der Waals surface area contributed by atoms with Crippen molar-refractivity contribution >= 4 is 17.7 Å². The minimum absolute atomic E-state index is 0.335. The van der Waals surface area contributed by atoms with Crippen molar-refractivity contribution in [1.29, 1.82) is 0 Å². The molecule has 1 N–H and O–H groups in total. The molecule has 0 aromatic heterocycles. The first-order valence-corrected chi connectivity index (χ1v) is 9.53. The first kappa shape index (κ1) is 19.2. The van der Waals surface area contributed by atoms with E-state index in [1.807, 2.05) is 13.0 Å². The van der Waals surface area contributed by atoms with Crippen molar-refractivity contribution in [3.05, 3.63) is 71.3 Å². The molecule has 0 saturated carbocycles. The number of rotatable bonds is 6. The lowest BCUT2D eigenvalue weighted by atomic mass is 10.0. The summed E-state index contributed by atoms with van der Waals surface area (Å²) in [5, 5.41) is 3.66. The van der Waals surface area contributed by atoms with Crippen LogP contribution in [0.3, 0.4) is 0 Å². The largest absolute Gasteiger partial charge is 0.466 e. The Morgan fingerprint density at radius 2 is 1.93 bits per heavy atom. The molecule has 0 radical (unpaired) electrons. The fourth-order valence-corrected chi connectivity index (χ4v) is 3.45. The molecule has 2 aromatic carbocycles. The number of carbonyl (C=O) groups is 1. The zero-order valence-electron chi connectivity index (χ0n) is 16.2. The number of nitrogens with one attached hydrogen (secondary N) is 1. The summed E-state index contributed by atoms with van der Waals surface area (Å²) in [6, 6.07) is 17.4. The summed E-state index contributed by atoms with van der Waals surface area (Å²) < 4.78 is 4.67. The van der Waals surface area contributed by atoms with Gasteiger partial charge in [-0.05, 0) is 54.7 Å². The van der Waals surface area contributed by atoms with Crippen molar-refractivity contribution in [2.45, 2.75) is 32.4 Å². The highest BCUT2D eigenvalue weighted by Crippen LogP contribution is 2.21. The third kappa shape index (κ3) is 5.69. The van der Waals surface area contributed by atoms with Gasteiger partial charge in [-0.2, -0.15) is 0 Å². The number of hydrogen-bond donors (Lipinski definition) is 1. The first-order chi connectivity index (χ1) is 13.1. The standard InChI is InChI=1S/C23H28N2O2/c1-18-8-10-22(16-20(18)9-11-23(26)27-2)24-21-12-14-25(15-13-21)17-19-6-4-3-5-7-19/h3-11,16,21,24H,12-15,17H2,1-2H3. The number of carbonyl (C=O) groups excluding carboxylic acids is 1. The fraction of sp³-hybridized carbons (Fsp3) is 0.348. The summed E-state index contributed by atoms with van der Waals surface area (Å²) in [7, 11) is 1.39. The third-order valence-electron chi connectivity index (χ3n) is 5.09. The van der Waals surface area contributed by atoms with Gasteiger partial charge in [-0.15, -0.1) is 0 Å². The van der Waals surface area contributed by atoms with Gasteiger partial charge < -0.3 is 10.1 Å². The molecule has 1 aliphatic heterocycles. The van der Waals surface area contributed by atoms with Crippen LogP contribution in [-0.2, 0) is 16.1 Å². The van der Waals surface area contributed by atoms with Crippen LogP contribution in [0.25, 0.3) is 6.08 Å². The van der Waals surface area contributed by atoms with Crippen LogP contribution < -0.4 is 5.32 Å². The average molecular weight is 364 g/mol. The van der Waals surface area contributed by atoms with Crippen molar-refractivity contribution in [3.63, 3.8) is 0 Å². The predicted molar refractivity (Wildman–Crippen MR) is 111 cm³/mol. The van der Waals surface area contributed by atoms with Crippen LogP contribution >= 0.6 is 0 Å². The van der Waals surface area contributed by atoms with E-state index >= 15 is 0 Å². The summed E-state index contributed by atoms with van der Waals surface area (Å²) in [5.74, 6) is -0.335. The molecular weight excluding hydrogens is 336 g/mol. The highest BCUT2D eigenvalue weighted by molar-refractivity contribution is 5.87. The zero-order valence-corrected chi connectivity index (χ0v) is 16.2. The highest BCUT2D eigenvalue weighted by Gasteiger charge is 2.19. The number of anilines is 1. The fourth-order valence-electron chi connectivity index (χ4n) is 3.45. The molecule has 1 fully saturated rings. The Kier molecular flexibility index (Phi) is 6.66. The number of hydrogen-bond acceptors (Lipinski definition) is 4. The van der Waals surface area contributed by atoms with E-state index in [1.165, 1.54) is 18.7 Å². The van der Waals surface area contributed by atoms with Crippen LogP contribution in [0.15, 0.2) is 54.6 Å². The maximum absolute atomic E-state index is 11.3. The normalized spacial score (nSPS) is 15.8. The molecule has 1 saturated heterocycles. The van der Waals surface area contributed by atoms with Gasteiger partial charge in [0.05, 0.1) is 7.11 Å². The summed E-state index contributed by atoms with van der Waals surface area (Å²) in [6.45, 7) is 5.28. The Labute approximate surface area is 161 Å². The molecule has 1 aliphatic rings. The Morgan fingerprint density at radius 3 is 2.63 bits per heavy atom. The topological polar surface area (TPSA) is 41.6 Å². The van der Waals surface area contributed by atoms with Gasteiger partial charge in [-0.25, -0.2) is 4.79 Å². The molecule has 4 heteroatoms. The quantitative estimate of drug-likeness (QED) is 0.614. The Morgan fingerprint density at radius 1 is 1.19 bits per heavy atom. The van der Waals surface area contributed by atoms with E-state index in [0.717, 1.165) is 49.3 Å². The van der Waals surface area contributed by atoms with Crippen LogP contribution in [0, 0.1) is 6.92 Å². The number of nitrogens with zero attached hydrogens (tertiary/aromatic N) is 1. The van der Waals surface area contributed by atoms with Crippen molar-refractivity contribution < 1.29 is 9.53 Å². The maximum atomic E-state index is 11.3. The van der Waals surface area contributed by atoms with Gasteiger partial charge >= 0.3 is 5.97 Å². The second-order valence-corrected chi connectivity index (χ2v) is 7.11. The van der Waals surface area contributed by atoms with Crippen molar-refractivity contribution in [2.24, 2.45) is 0 Å². The number of piperidine rings is 1. The van der Waals surface area contributed by atoms with E-state index in [-0.39, 0.29) is 5.97 Å². The molecule has 142 valence electrons. The van der Waals surface area contributed by atoms with Gasteiger partial charge in [0.1, 0.15) is 0 Å². The summed E-state index contributed by atoms with van der Waals surface area (Å²) in [4.78, 5) is 13.9. The Bertz CT molecular complexity index is 778. The lowest BCUT2D eigenvalue weighted by Crippen LogP contribution is -2.38. The molecule has 0 aliphatic carbocycles. The SMILES string of the molecule is COC(=O)C=Cc1cc(NC2CCN(Cc3ccccc3)CC2)ccc1C. The summed E-state index contributed by atoms with van der Waals surface area (Å²) >= 11 is 0. The molecule has 4 nitrogen and oxygen atoms in total. The smallest absolute Gasteiger partial charge is 0.330 e. The zero-order chi connectivity index (χ0) is 19.1. The molecule has 3 rings (SSSR count). The molecule has 1 heterocycles. The molecule has 0 unspecified atom stereocenters. The van der Waals surface area contributed by atoms with Gasteiger partial charge in [0.15, 0.2) is 0 Å². The Hall–Kier alpha value is -2.59. The van der Waals surface area contributed by atoms with Crippen LogP contribution in [0.2, 0.25) is 0 Å². The lowest BCUT2D eigenvalue weighted by Gasteiger charge is -2.33. The number of aryl methyl sites for hydroxylation is 1.